The highest BCUT2D eigenvalue weighted by Crippen LogP contribution is 2.14. The highest BCUT2D eigenvalue weighted by molar-refractivity contribution is 5.66. The van der Waals surface area contributed by atoms with Crippen molar-refractivity contribution < 1.29 is 23.8 Å². The van der Waals surface area contributed by atoms with Crippen LogP contribution in [0.25, 0.3) is 0 Å². The van der Waals surface area contributed by atoms with Crippen LogP contribution in [0.2, 0.25) is 0 Å². The third-order valence-electron chi connectivity index (χ3n) is 1.85. The van der Waals surface area contributed by atoms with Crippen molar-refractivity contribution in [1.82, 2.24) is 0 Å². The number of hydrogen-bond acceptors (Lipinski definition) is 5. The Hall–Kier alpha value is -1.52. The number of ether oxygens (including phenoxy) is 3. The normalized spacial score (nSPS) is 24.1. The van der Waals surface area contributed by atoms with Gasteiger partial charge in [-0.3, -0.25) is 9.59 Å². The molecule has 0 amide bonds. The monoisotopic (exact) mass is 214 g/mol. The van der Waals surface area contributed by atoms with Crippen LogP contribution in [0.3, 0.4) is 0 Å². The lowest BCUT2D eigenvalue weighted by Gasteiger charge is -2.24. The molecular formula is C10H14O5. The summed E-state index contributed by atoms with van der Waals surface area (Å²) in [7, 11) is 0. The van der Waals surface area contributed by atoms with E-state index in [1.807, 2.05) is 0 Å². The molecule has 0 aliphatic carbocycles. The summed E-state index contributed by atoms with van der Waals surface area (Å²) in [6.07, 6.45) is 3.08. The van der Waals surface area contributed by atoms with Crippen LogP contribution in [-0.2, 0) is 23.8 Å². The van der Waals surface area contributed by atoms with Crippen molar-refractivity contribution in [2.24, 2.45) is 0 Å². The Morgan fingerprint density at radius 2 is 2.13 bits per heavy atom. The quantitative estimate of drug-likeness (QED) is 0.650. The van der Waals surface area contributed by atoms with E-state index in [0.717, 1.165) is 0 Å². The maximum Gasteiger partial charge on any atom is 0.303 e. The van der Waals surface area contributed by atoms with Crippen molar-refractivity contribution in [3.8, 4) is 0 Å². The third kappa shape index (κ3) is 4.49. The summed E-state index contributed by atoms with van der Waals surface area (Å²) in [6, 6.07) is 0. The van der Waals surface area contributed by atoms with Crippen LogP contribution in [0, 0.1) is 0 Å². The summed E-state index contributed by atoms with van der Waals surface area (Å²) >= 11 is 0. The van der Waals surface area contributed by atoms with Crippen LogP contribution < -0.4 is 0 Å². The molecule has 5 nitrogen and oxygen atoms in total. The molecule has 1 heterocycles. The molecule has 0 bridgehead atoms. The van der Waals surface area contributed by atoms with Crippen LogP contribution >= 0.6 is 0 Å². The van der Waals surface area contributed by atoms with Gasteiger partial charge in [-0.2, -0.15) is 0 Å². The summed E-state index contributed by atoms with van der Waals surface area (Å²) in [5.74, 6) is -0.685. The number of rotatable bonds is 3. The predicted molar refractivity (Wildman–Crippen MR) is 50.8 cm³/mol. The molecule has 0 saturated heterocycles. The van der Waals surface area contributed by atoms with Gasteiger partial charge in [0.15, 0.2) is 0 Å². The fourth-order valence-corrected chi connectivity index (χ4v) is 1.26. The van der Waals surface area contributed by atoms with Crippen molar-refractivity contribution in [3.05, 3.63) is 12.3 Å². The second-order valence-electron chi connectivity index (χ2n) is 3.27. The molecule has 2 atom stereocenters. The average Bonchev–Trinajstić information content (AvgIpc) is 2.14. The van der Waals surface area contributed by atoms with Crippen LogP contribution in [0.15, 0.2) is 12.3 Å². The van der Waals surface area contributed by atoms with Crippen molar-refractivity contribution in [2.45, 2.75) is 32.5 Å². The molecule has 15 heavy (non-hydrogen) atoms. The topological polar surface area (TPSA) is 61.8 Å². The molecule has 0 aromatic heterocycles. The average molecular weight is 214 g/mol. The lowest BCUT2D eigenvalue weighted by molar-refractivity contribution is -0.150. The zero-order valence-electron chi connectivity index (χ0n) is 8.76. The van der Waals surface area contributed by atoms with E-state index >= 15 is 0 Å². The Morgan fingerprint density at radius 3 is 2.73 bits per heavy atom. The van der Waals surface area contributed by atoms with Crippen molar-refractivity contribution in [1.29, 1.82) is 0 Å². The maximum atomic E-state index is 10.7. The Labute approximate surface area is 88.0 Å². The standard InChI is InChI=1S/C10H14O5/c1-7(11)14-6-10-5-9(3-4-13-10)15-8(2)12/h3-4,9-10H,5-6H2,1-2H3/t9?,10-/m0/s1. The minimum absolute atomic E-state index is 0.178. The van der Waals surface area contributed by atoms with Gasteiger partial charge in [0.05, 0.1) is 6.26 Å². The van der Waals surface area contributed by atoms with Gasteiger partial charge in [0.2, 0.25) is 0 Å². The maximum absolute atomic E-state index is 10.7. The number of carbonyl (C=O) groups is 2. The van der Waals surface area contributed by atoms with Gasteiger partial charge in [-0.05, 0) is 6.08 Å². The van der Waals surface area contributed by atoms with E-state index in [-0.39, 0.29) is 30.8 Å². The molecule has 5 heteroatoms. The second-order valence-corrected chi connectivity index (χ2v) is 3.27. The first kappa shape index (κ1) is 11.6. The first-order valence-electron chi connectivity index (χ1n) is 4.70. The fourth-order valence-electron chi connectivity index (χ4n) is 1.26. The lowest BCUT2D eigenvalue weighted by Crippen LogP contribution is -2.29. The fraction of sp³-hybridized carbons (Fsp3) is 0.600. The molecule has 0 spiro atoms. The smallest absolute Gasteiger partial charge is 0.303 e. The highest BCUT2D eigenvalue weighted by atomic mass is 16.6. The molecule has 0 saturated carbocycles. The lowest BCUT2D eigenvalue weighted by atomic mass is 10.1. The third-order valence-corrected chi connectivity index (χ3v) is 1.85. The van der Waals surface area contributed by atoms with Gasteiger partial charge in [0.25, 0.3) is 0 Å². The van der Waals surface area contributed by atoms with Crippen LogP contribution in [-0.4, -0.2) is 30.8 Å². The Bertz CT molecular complexity index is 271. The van der Waals surface area contributed by atoms with Gasteiger partial charge in [-0.1, -0.05) is 0 Å². The minimum atomic E-state index is -0.350. The van der Waals surface area contributed by atoms with Gasteiger partial charge >= 0.3 is 11.9 Å². The molecule has 1 aliphatic heterocycles. The van der Waals surface area contributed by atoms with Gasteiger partial charge in [-0.25, -0.2) is 0 Å². The summed E-state index contributed by atoms with van der Waals surface area (Å²) < 4.78 is 15.0. The van der Waals surface area contributed by atoms with Gasteiger partial charge in [0.1, 0.15) is 18.8 Å². The molecule has 84 valence electrons. The molecule has 0 fully saturated rings. The molecule has 0 aromatic carbocycles. The SMILES string of the molecule is CC(=O)OC[C@@H]1CC(OC(C)=O)C=CO1. The van der Waals surface area contributed by atoms with E-state index in [2.05, 4.69) is 0 Å². The van der Waals surface area contributed by atoms with Gasteiger partial charge in [0, 0.05) is 20.3 Å². The molecule has 1 aliphatic rings. The van der Waals surface area contributed by atoms with E-state index in [1.165, 1.54) is 20.1 Å². The summed E-state index contributed by atoms with van der Waals surface area (Å²) in [4.78, 5) is 21.3. The Balaban J connectivity index is 2.35. The van der Waals surface area contributed by atoms with Crippen LogP contribution in [0.5, 0.6) is 0 Å². The zero-order chi connectivity index (χ0) is 11.3. The highest BCUT2D eigenvalue weighted by Gasteiger charge is 2.22. The van der Waals surface area contributed by atoms with E-state index in [1.54, 1.807) is 6.08 Å². The van der Waals surface area contributed by atoms with E-state index in [0.29, 0.717) is 6.42 Å². The van der Waals surface area contributed by atoms with Crippen molar-refractivity contribution >= 4 is 11.9 Å². The summed E-state index contributed by atoms with van der Waals surface area (Å²) in [6.45, 7) is 2.87. The zero-order valence-corrected chi connectivity index (χ0v) is 8.76. The van der Waals surface area contributed by atoms with Crippen LogP contribution in [0.1, 0.15) is 20.3 Å². The molecule has 0 N–H and O–H groups in total. The van der Waals surface area contributed by atoms with E-state index < -0.39 is 0 Å². The van der Waals surface area contributed by atoms with Crippen LogP contribution in [0.4, 0.5) is 0 Å². The van der Waals surface area contributed by atoms with Gasteiger partial charge in [-0.15, -0.1) is 0 Å². The molecule has 0 radical (unpaired) electrons. The summed E-state index contributed by atoms with van der Waals surface area (Å²) in [5, 5.41) is 0. The van der Waals surface area contributed by atoms with E-state index in [9.17, 15) is 9.59 Å². The number of hydrogen-bond donors (Lipinski definition) is 0. The molecule has 1 unspecified atom stereocenters. The minimum Gasteiger partial charge on any atom is -0.495 e. The van der Waals surface area contributed by atoms with Crippen molar-refractivity contribution in [2.75, 3.05) is 6.61 Å². The summed E-state index contributed by atoms with van der Waals surface area (Å²) in [5.41, 5.74) is 0. The van der Waals surface area contributed by atoms with Crippen molar-refractivity contribution in [3.63, 3.8) is 0 Å². The molecule has 0 aromatic rings. The Morgan fingerprint density at radius 1 is 1.40 bits per heavy atom. The van der Waals surface area contributed by atoms with E-state index in [4.69, 9.17) is 14.2 Å². The predicted octanol–water partition coefficient (Wildman–Crippen LogP) is 0.784. The number of carbonyl (C=O) groups excluding carboxylic acids is 2. The van der Waals surface area contributed by atoms with Gasteiger partial charge < -0.3 is 14.2 Å². The first-order chi connectivity index (χ1) is 7.08. The largest absolute Gasteiger partial charge is 0.495 e. The second kappa shape index (κ2) is 5.38. The number of esters is 2. The Kier molecular flexibility index (Phi) is 4.15. The first-order valence-corrected chi connectivity index (χ1v) is 4.70. The molecule has 1 rings (SSSR count). The molecular weight excluding hydrogens is 200 g/mol.